The molecular formula is C26H28ClN3O3. The van der Waals surface area contributed by atoms with Crippen molar-refractivity contribution in [1.82, 2.24) is 14.7 Å². The molecular weight excluding hydrogens is 438 g/mol. The maximum atomic E-state index is 13.0. The standard InChI is InChI=1S/C26H28ClN3O3/c27-23-8-4-7-22(19-23)26(33)30-17-15-29(16-18-30)25(32)21-11-13-28(14-12-21)24(31)10-9-20-5-2-1-3-6-20/h1-10,19,21H,11-18H2. The zero-order valence-electron chi connectivity index (χ0n) is 18.5. The van der Waals surface area contributed by atoms with Gasteiger partial charge in [-0.1, -0.05) is 48.0 Å². The number of piperazine rings is 1. The number of hydrogen-bond donors (Lipinski definition) is 0. The zero-order chi connectivity index (χ0) is 23.2. The summed E-state index contributed by atoms with van der Waals surface area (Å²) >= 11 is 6.00. The summed E-state index contributed by atoms with van der Waals surface area (Å²) in [5.74, 6) is -0.00279. The summed E-state index contributed by atoms with van der Waals surface area (Å²) in [5.41, 5.74) is 1.56. The molecule has 0 bridgehead atoms. The zero-order valence-corrected chi connectivity index (χ0v) is 19.3. The number of benzene rings is 2. The molecule has 2 aromatic rings. The number of halogens is 1. The van der Waals surface area contributed by atoms with Gasteiger partial charge in [0.2, 0.25) is 11.8 Å². The summed E-state index contributed by atoms with van der Waals surface area (Å²) in [6.07, 6.45) is 4.77. The lowest BCUT2D eigenvalue weighted by molar-refractivity contribution is -0.140. The molecule has 4 rings (SSSR count). The Kier molecular flexibility index (Phi) is 7.45. The monoisotopic (exact) mass is 465 g/mol. The minimum atomic E-state index is -0.0673. The molecule has 2 aliphatic heterocycles. The maximum Gasteiger partial charge on any atom is 0.254 e. The van der Waals surface area contributed by atoms with E-state index in [1.807, 2.05) is 46.2 Å². The van der Waals surface area contributed by atoms with Gasteiger partial charge in [0.25, 0.3) is 5.91 Å². The summed E-state index contributed by atoms with van der Waals surface area (Å²) in [6, 6.07) is 16.7. The first-order chi connectivity index (χ1) is 16.0. The first-order valence-electron chi connectivity index (χ1n) is 11.4. The molecule has 0 aliphatic carbocycles. The molecule has 0 atom stereocenters. The Bertz CT molecular complexity index is 1020. The van der Waals surface area contributed by atoms with Crippen LogP contribution in [0.25, 0.3) is 6.08 Å². The highest BCUT2D eigenvalue weighted by atomic mass is 35.5. The normalized spacial score (nSPS) is 17.4. The van der Waals surface area contributed by atoms with Crippen LogP contribution in [0, 0.1) is 5.92 Å². The van der Waals surface area contributed by atoms with Gasteiger partial charge in [0.15, 0.2) is 0 Å². The van der Waals surface area contributed by atoms with Crippen molar-refractivity contribution in [2.75, 3.05) is 39.3 Å². The summed E-state index contributed by atoms with van der Waals surface area (Å²) in [6.45, 7) is 3.26. The van der Waals surface area contributed by atoms with E-state index in [1.165, 1.54) is 0 Å². The predicted molar refractivity (Wildman–Crippen MR) is 129 cm³/mol. The Labute approximate surface area is 199 Å². The number of amides is 3. The van der Waals surface area contributed by atoms with Gasteiger partial charge in [-0.15, -0.1) is 0 Å². The topological polar surface area (TPSA) is 60.9 Å². The smallest absolute Gasteiger partial charge is 0.254 e. The first kappa shape index (κ1) is 23.1. The summed E-state index contributed by atoms with van der Waals surface area (Å²) in [4.78, 5) is 43.6. The van der Waals surface area contributed by atoms with E-state index in [1.54, 1.807) is 35.2 Å². The number of rotatable bonds is 4. The van der Waals surface area contributed by atoms with Crippen molar-refractivity contribution >= 4 is 35.4 Å². The molecule has 33 heavy (non-hydrogen) atoms. The van der Waals surface area contributed by atoms with Crippen molar-refractivity contribution in [2.24, 2.45) is 5.92 Å². The molecule has 2 saturated heterocycles. The van der Waals surface area contributed by atoms with E-state index in [9.17, 15) is 14.4 Å². The molecule has 0 saturated carbocycles. The molecule has 7 heteroatoms. The van der Waals surface area contributed by atoms with Crippen molar-refractivity contribution in [1.29, 1.82) is 0 Å². The molecule has 2 heterocycles. The SMILES string of the molecule is O=C(C=Cc1ccccc1)N1CCC(C(=O)N2CCN(C(=O)c3cccc(Cl)c3)CC2)CC1. The number of likely N-dealkylation sites (tertiary alicyclic amines) is 1. The predicted octanol–water partition coefficient (Wildman–Crippen LogP) is 3.58. The van der Waals surface area contributed by atoms with Gasteiger partial charge in [0.1, 0.15) is 0 Å². The second kappa shape index (κ2) is 10.7. The van der Waals surface area contributed by atoms with Crippen LogP contribution < -0.4 is 0 Å². The minimum absolute atomic E-state index is 0.0158. The Morgan fingerprint density at radius 2 is 1.45 bits per heavy atom. The number of carbonyl (C=O) groups excluding carboxylic acids is 3. The van der Waals surface area contributed by atoms with Crippen molar-refractivity contribution in [3.05, 3.63) is 76.8 Å². The fourth-order valence-corrected chi connectivity index (χ4v) is 4.57. The van der Waals surface area contributed by atoms with Crippen LogP contribution in [0.4, 0.5) is 0 Å². The van der Waals surface area contributed by atoms with E-state index in [4.69, 9.17) is 11.6 Å². The molecule has 2 fully saturated rings. The molecule has 0 spiro atoms. The molecule has 0 radical (unpaired) electrons. The quantitative estimate of drug-likeness (QED) is 0.648. The molecule has 0 aromatic heterocycles. The van der Waals surface area contributed by atoms with Crippen LogP contribution >= 0.6 is 11.6 Å². The second-order valence-electron chi connectivity index (χ2n) is 8.47. The lowest BCUT2D eigenvalue weighted by Crippen LogP contribution is -2.53. The van der Waals surface area contributed by atoms with E-state index < -0.39 is 0 Å². The number of hydrogen-bond acceptors (Lipinski definition) is 3. The highest BCUT2D eigenvalue weighted by molar-refractivity contribution is 6.30. The number of carbonyl (C=O) groups is 3. The van der Waals surface area contributed by atoms with Crippen molar-refractivity contribution in [3.8, 4) is 0 Å². The summed E-state index contributed by atoms with van der Waals surface area (Å²) < 4.78 is 0. The average molecular weight is 466 g/mol. The molecule has 6 nitrogen and oxygen atoms in total. The first-order valence-corrected chi connectivity index (χ1v) is 11.7. The number of piperidine rings is 1. The van der Waals surface area contributed by atoms with Crippen LogP contribution in [-0.4, -0.2) is 71.7 Å². The van der Waals surface area contributed by atoms with Gasteiger partial charge < -0.3 is 14.7 Å². The van der Waals surface area contributed by atoms with E-state index in [0.717, 1.165) is 5.56 Å². The third-order valence-electron chi connectivity index (χ3n) is 6.32. The lowest BCUT2D eigenvalue weighted by atomic mass is 9.94. The van der Waals surface area contributed by atoms with Crippen LogP contribution in [0.5, 0.6) is 0 Å². The largest absolute Gasteiger partial charge is 0.339 e. The Hall–Kier alpha value is -3.12. The van der Waals surface area contributed by atoms with E-state index in [2.05, 4.69) is 0 Å². The molecule has 172 valence electrons. The van der Waals surface area contributed by atoms with E-state index >= 15 is 0 Å². The van der Waals surface area contributed by atoms with Crippen molar-refractivity contribution < 1.29 is 14.4 Å². The highest BCUT2D eigenvalue weighted by Crippen LogP contribution is 2.22. The summed E-state index contributed by atoms with van der Waals surface area (Å²) in [7, 11) is 0. The van der Waals surface area contributed by atoms with Gasteiger partial charge in [-0.2, -0.15) is 0 Å². The second-order valence-corrected chi connectivity index (χ2v) is 8.91. The molecule has 0 N–H and O–H groups in total. The Morgan fingerprint density at radius 1 is 0.788 bits per heavy atom. The van der Waals surface area contributed by atoms with Crippen LogP contribution in [0.15, 0.2) is 60.7 Å². The molecule has 2 aliphatic rings. The molecule has 0 unspecified atom stereocenters. The maximum absolute atomic E-state index is 13.0. The molecule has 2 aromatic carbocycles. The Balaban J connectivity index is 1.23. The van der Waals surface area contributed by atoms with Crippen molar-refractivity contribution in [3.63, 3.8) is 0 Å². The average Bonchev–Trinajstić information content (AvgIpc) is 2.87. The van der Waals surface area contributed by atoms with Gasteiger partial charge in [-0.05, 0) is 42.7 Å². The third-order valence-corrected chi connectivity index (χ3v) is 6.56. The van der Waals surface area contributed by atoms with E-state index in [-0.39, 0.29) is 23.6 Å². The fourth-order valence-electron chi connectivity index (χ4n) is 4.38. The minimum Gasteiger partial charge on any atom is -0.339 e. The van der Waals surface area contributed by atoms with E-state index in [0.29, 0.717) is 62.7 Å². The summed E-state index contributed by atoms with van der Waals surface area (Å²) in [5, 5.41) is 0.537. The van der Waals surface area contributed by atoms with Gasteiger partial charge in [-0.3, -0.25) is 14.4 Å². The van der Waals surface area contributed by atoms with Gasteiger partial charge in [0, 0.05) is 61.8 Å². The fraction of sp³-hybridized carbons (Fsp3) is 0.346. The Morgan fingerprint density at radius 3 is 2.12 bits per heavy atom. The van der Waals surface area contributed by atoms with Crippen LogP contribution in [0.1, 0.15) is 28.8 Å². The third kappa shape index (κ3) is 5.82. The van der Waals surface area contributed by atoms with Crippen LogP contribution in [0.3, 0.4) is 0 Å². The van der Waals surface area contributed by atoms with Crippen LogP contribution in [-0.2, 0) is 9.59 Å². The lowest BCUT2D eigenvalue weighted by Gasteiger charge is -2.38. The van der Waals surface area contributed by atoms with Gasteiger partial charge >= 0.3 is 0 Å². The molecule has 3 amide bonds. The van der Waals surface area contributed by atoms with Crippen LogP contribution in [0.2, 0.25) is 5.02 Å². The van der Waals surface area contributed by atoms with Crippen molar-refractivity contribution in [2.45, 2.75) is 12.8 Å². The van der Waals surface area contributed by atoms with Gasteiger partial charge in [0.05, 0.1) is 0 Å². The number of nitrogens with zero attached hydrogens (tertiary/aromatic N) is 3. The van der Waals surface area contributed by atoms with Gasteiger partial charge in [-0.25, -0.2) is 0 Å². The highest BCUT2D eigenvalue weighted by Gasteiger charge is 2.32.